The Morgan fingerprint density at radius 3 is 2.34 bits per heavy atom. The van der Waals surface area contributed by atoms with Crippen LogP contribution in [0.25, 0.3) is 49.4 Å². The van der Waals surface area contributed by atoms with Crippen molar-refractivity contribution in [1.29, 1.82) is 0 Å². The first-order valence-corrected chi connectivity index (χ1v) is 12.9. The Bertz CT molecular complexity index is 1880. The Labute approximate surface area is 206 Å². The normalized spacial score (nSPS) is 19.3. The van der Waals surface area contributed by atoms with Gasteiger partial charge in [-0.15, -0.1) is 11.8 Å². The highest BCUT2D eigenvalue weighted by Crippen LogP contribution is 2.48. The minimum Gasteiger partial charge on any atom is -0.321 e. The number of fused-ring (bicyclic) bond motifs is 8. The Hall–Kier alpha value is -4.02. The third-order valence-electron chi connectivity index (χ3n) is 7.25. The van der Waals surface area contributed by atoms with Gasteiger partial charge in [0.05, 0.1) is 32.8 Å². The summed E-state index contributed by atoms with van der Waals surface area (Å²) < 4.78 is 4.94. The number of nitrogens with zero attached hydrogens (tertiary/aromatic N) is 3. The molecule has 2 aliphatic rings. The van der Waals surface area contributed by atoms with Gasteiger partial charge in [0.15, 0.2) is 0 Å². The summed E-state index contributed by atoms with van der Waals surface area (Å²) in [5, 5.41) is 4.21. The maximum absolute atomic E-state index is 5.09. The van der Waals surface area contributed by atoms with Crippen LogP contribution in [0.5, 0.6) is 0 Å². The lowest BCUT2D eigenvalue weighted by Gasteiger charge is -2.17. The number of pyridine rings is 1. The van der Waals surface area contributed by atoms with Crippen molar-refractivity contribution >= 4 is 55.5 Å². The zero-order valence-electron chi connectivity index (χ0n) is 18.9. The van der Waals surface area contributed by atoms with Crippen molar-refractivity contribution in [2.45, 2.75) is 10.6 Å². The summed E-state index contributed by atoms with van der Waals surface area (Å²) in [7, 11) is 0. The lowest BCUT2D eigenvalue weighted by atomic mass is 10.1. The molecular formula is C31H21N3S. The van der Waals surface area contributed by atoms with E-state index >= 15 is 0 Å². The second-order valence-electron chi connectivity index (χ2n) is 9.15. The minimum absolute atomic E-state index is 0.194. The van der Waals surface area contributed by atoms with Gasteiger partial charge in [0.2, 0.25) is 0 Å². The van der Waals surface area contributed by atoms with E-state index in [9.17, 15) is 0 Å². The second-order valence-corrected chi connectivity index (χ2v) is 10.4. The summed E-state index contributed by atoms with van der Waals surface area (Å²) in [4.78, 5) is 5.09. The average Bonchev–Trinajstić information content (AvgIpc) is 3.58. The molecule has 0 N–H and O–H groups in total. The lowest BCUT2D eigenvalue weighted by molar-refractivity contribution is 0.879. The first-order chi connectivity index (χ1) is 17.4. The van der Waals surface area contributed by atoms with E-state index < -0.39 is 0 Å². The molecule has 166 valence electrons. The van der Waals surface area contributed by atoms with E-state index in [0.29, 0.717) is 5.25 Å². The number of para-hydroxylation sites is 3. The molecular weight excluding hydrogens is 446 g/mol. The van der Waals surface area contributed by atoms with Crippen molar-refractivity contribution in [2.24, 2.45) is 0 Å². The van der Waals surface area contributed by atoms with E-state index in [1.807, 2.05) is 11.8 Å². The summed E-state index contributed by atoms with van der Waals surface area (Å²) in [6.07, 6.45) is 13.4. The molecule has 0 saturated carbocycles. The van der Waals surface area contributed by atoms with Gasteiger partial charge < -0.3 is 9.13 Å². The third-order valence-corrected chi connectivity index (χ3v) is 8.60. The fraction of sp³-hybridized carbons (Fsp3) is 0.0645. The summed E-state index contributed by atoms with van der Waals surface area (Å²) in [5.41, 5.74) is 8.47. The van der Waals surface area contributed by atoms with Gasteiger partial charge in [-0.25, -0.2) is 0 Å². The maximum Gasteiger partial charge on any atom is 0.100 e. The molecule has 8 rings (SSSR count). The van der Waals surface area contributed by atoms with E-state index in [1.54, 1.807) is 0 Å². The molecule has 1 aliphatic carbocycles. The minimum atomic E-state index is 0.194. The maximum atomic E-state index is 5.09. The molecule has 35 heavy (non-hydrogen) atoms. The van der Waals surface area contributed by atoms with Gasteiger partial charge in [0.1, 0.15) is 5.37 Å². The van der Waals surface area contributed by atoms with Gasteiger partial charge in [-0.2, -0.15) is 0 Å². The molecule has 2 atom stereocenters. The number of hydrogen-bond acceptors (Lipinski definition) is 2. The number of hydrogen-bond donors (Lipinski definition) is 0. The predicted octanol–water partition coefficient (Wildman–Crippen LogP) is 7.95. The molecule has 0 saturated heterocycles. The number of benzene rings is 3. The zero-order valence-corrected chi connectivity index (χ0v) is 19.7. The largest absolute Gasteiger partial charge is 0.321 e. The van der Waals surface area contributed by atoms with Gasteiger partial charge in [0, 0.05) is 28.0 Å². The van der Waals surface area contributed by atoms with Crippen LogP contribution in [0.15, 0.2) is 121 Å². The number of rotatable bonds is 2. The van der Waals surface area contributed by atoms with Gasteiger partial charge in [0.25, 0.3) is 0 Å². The molecule has 3 aromatic heterocycles. The zero-order chi connectivity index (χ0) is 22.9. The molecule has 2 unspecified atom stereocenters. The van der Waals surface area contributed by atoms with Crippen LogP contribution in [-0.4, -0.2) is 19.4 Å². The highest BCUT2D eigenvalue weighted by atomic mass is 32.2. The highest BCUT2D eigenvalue weighted by Gasteiger charge is 2.30. The molecule has 0 amide bonds. The molecule has 6 aromatic rings. The van der Waals surface area contributed by atoms with Crippen LogP contribution >= 0.6 is 11.8 Å². The smallest absolute Gasteiger partial charge is 0.100 e. The highest BCUT2D eigenvalue weighted by molar-refractivity contribution is 8.00. The fourth-order valence-electron chi connectivity index (χ4n) is 5.77. The van der Waals surface area contributed by atoms with Crippen molar-refractivity contribution in [1.82, 2.24) is 14.1 Å². The van der Waals surface area contributed by atoms with Crippen LogP contribution in [-0.2, 0) is 0 Å². The molecule has 4 heterocycles. The first-order valence-electron chi connectivity index (χ1n) is 12.0. The van der Waals surface area contributed by atoms with Crippen LogP contribution in [0.3, 0.4) is 0 Å². The van der Waals surface area contributed by atoms with Crippen LogP contribution in [0.1, 0.15) is 5.37 Å². The SMILES string of the molecule is C1=CC2=CC(n3c4ccccc4c4ncc5c6ccccc6n(-c6ccccc6)c5c43)SC2C=C1. The molecule has 3 nitrogen and oxygen atoms in total. The van der Waals surface area contributed by atoms with Crippen molar-refractivity contribution in [3.05, 3.63) is 121 Å². The summed E-state index contributed by atoms with van der Waals surface area (Å²) in [6, 6.07) is 28.1. The van der Waals surface area contributed by atoms with E-state index in [4.69, 9.17) is 4.98 Å². The van der Waals surface area contributed by atoms with Crippen LogP contribution in [0.4, 0.5) is 0 Å². The first kappa shape index (κ1) is 19.3. The van der Waals surface area contributed by atoms with E-state index in [-0.39, 0.29) is 5.37 Å². The van der Waals surface area contributed by atoms with Crippen molar-refractivity contribution in [2.75, 3.05) is 0 Å². The van der Waals surface area contributed by atoms with Gasteiger partial charge in [-0.3, -0.25) is 4.98 Å². The monoisotopic (exact) mass is 467 g/mol. The van der Waals surface area contributed by atoms with Crippen LogP contribution < -0.4 is 0 Å². The van der Waals surface area contributed by atoms with Crippen molar-refractivity contribution in [3.8, 4) is 5.69 Å². The third kappa shape index (κ3) is 2.66. The molecule has 4 heteroatoms. The van der Waals surface area contributed by atoms with Crippen molar-refractivity contribution in [3.63, 3.8) is 0 Å². The standard InChI is InChI=1S/C31H21N3S/c1-2-11-21(12-3-1)33-25-15-7-5-13-22(25)24-19-32-29-23-14-6-8-16-26(23)34(31(29)30(24)33)28-18-20-10-4-9-17-27(20)35-28/h1-19,27-28H. The van der Waals surface area contributed by atoms with Gasteiger partial charge in [-0.05, 0) is 35.9 Å². The fourth-order valence-corrected chi connectivity index (χ4v) is 7.14. The Morgan fingerprint density at radius 1 is 0.714 bits per heavy atom. The molecule has 3 aromatic carbocycles. The number of thioether (sulfide) groups is 1. The lowest BCUT2D eigenvalue weighted by Crippen LogP contribution is -2.04. The topological polar surface area (TPSA) is 22.8 Å². The molecule has 0 spiro atoms. The molecule has 0 radical (unpaired) electrons. The van der Waals surface area contributed by atoms with E-state index in [2.05, 4.69) is 125 Å². The van der Waals surface area contributed by atoms with Crippen LogP contribution in [0, 0.1) is 0 Å². The quantitative estimate of drug-likeness (QED) is 0.258. The Kier molecular flexibility index (Phi) is 3.99. The van der Waals surface area contributed by atoms with Gasteiger partial charge >= 0.3 is 0 Å². The Balaban J connectivity index is 1.58. The van der Waals surface area contributed by atoms with E-state index in [1.165, 1.54) is 49.5 Å². The van der Waals surface area contributed by atoms with Crippen molar-refractivity contribution < 1.29 is 0 Å². The van der Waals surface area contributed by atoms with Crippen LogP contribution in [0.2, 0.25) is 0 Å². The summed E-state index contributed by atoms with van der Waals surface area (Å²) >= 11 is 1.99. The second kappa shape index (κ2) is 7.24. The molecule has 0 bridgehead atoms. The molecule has 0 fully saturated rings. The van der Waals surface area contributed by atoms with E-state index in [0.717, 1.165) is 5.52 Å². The predicted molar refractivity (Wildman–Crippen MR) is 148 cm³/mol. The average molecular weight is 468 g/mol. The molecule has 1 aliphatic heterocycles. The number of aromatic nitrogens is 3. The summed E-state index contributed by atoms with van der Waals surface area (Å²) in [5.74, 6) is 0. The number of allylic oxidation sites excluding steroid dienone is 3. The van der Waals surface area contributed by atoms with Gasteiger partial charge in [-0.1, -0.05) is 78.9 Å². The summed E-state index contributed by atoms with van der Waals surface area (Å²) in [6.45, 7) is 0. The Morgan fingerprint density at radius 2 is 1.49 bits per heavy atom.